The molecule has 6 heteroatoms. The topological polar surface area (TPSA) is 80.0 Å². The molecule has 160 valence electrons. The summed E-state index contributed by atoms with van der Waals surface area (Å²) in [4.78, 5) is 18.8. The van der Waals surface area contributed by atoms with Gasteiger partial charge in [0.05, 0.1) is 12.3 Å². The number of anilines is 1. The Hall–Kier alpha value is -2.86. The zero-order valence-corrected chi connectivity index (χ0v) is 17.9. The number of nitrogens with zero attached hydrogens (tertiary/aromatic N) is 2. The fourth-order valence-electron chi connectivity index (χ4n) is 3.80. The molecule has 1 aliphatic rings. The Kier molecular flexibility index (Phi) is 7.85. The van der Waals surface area contributed by atoms with Crippen LogP contribution in [0.15, 0.2) is 53.5 Å². The first-order valence-corrected chi connectivity index (χ1v) is 10.6. The zero-order valence-electron chi connectivity index (χ0n) is 17.9. The molecule has 1 aliphatic heterocycles. The van der Waals surface area contributed by atoms with Crippen LogP contribution in [0.25, 0.3) is 0 Å². The van der Waals surface area contributed by atoms with Gasteiger partial charge < -0.3 is 20.7 Å². The van der Waals surface area contributed by atoms with E-state index in [0.29, 0.717) is 6.61 Å². The molecule has 3 rings (SSSR count). The van der Waals surface area contributed by atoms with E-state index in [4.69, 9.17) is 10.5 Å². The van der Waals surface area contributed by atoms with Crippen LogP contribution in [0.3, 0.4) is 0 Å². The number of ether oxygens (including phenoxy) is 1. The number of likely N-dealkylation sites (tertiary alicyclic amines) is 1. The average Bonchev–Trinajstić information content (AvgIpc) is 2.78. The third-order valence-corrected chi connectivity index (χ3v) is 5.58. The standard InChI is InChI=1S/C24H32N4O2/c1-18(22-6-3-4-7-23(22)25)27-20-8-10-21(11-9-20)30-17-5-14-28-15-12-19(13-16-28)24(29)26-2/h3-4,6-11,19H,5,12-17,25H2,1-2H3,(H,26,29). The SMILES string of the molecule is CNC(=O)C1CCN(CCCOc2ccc(N=C(C)c3ccccc3N)cc2)CC1. The Labute approximate surface area is 179 Å². The predicted octanol–water partition coefficient (Wildman–Crippen LogP) is 3.64. The zero-order chi connectivity index (χ0) is 21.3. The van der Waals surface area contributed by atoms with E-state index in [-0.39, 0.29) is 11.8 Å². The lowest BCUT2D eigenvalue weighted by molar-refractivity contribution is -0.125. The number of piperidine rings is 1. The van der Waals surface area contributed by atoms with E-state index in [0.717, 1.165) is 67.3 Å². The van der Waals surface area contributed by atoms with E-state index in [2.05, 4.69) is 15.2 Å². The van der Waals surface area contributed by atoms with Crippen LogP contribution in [0, 0.1) is 5.92 Å². The quantitative estimate of drug-likeness (QED) is 0.397. The van der Waals surface area contributed by atoms with Crippen LogP contribution in [0.1, 0.15) is 31.7 Å². The number of aliphatic imine (C=N–C) groups is 1. The van der Waals surface area contributed by atoms with Gasteiger partial charge in [-0.15, -0.1) is 0 Å². The maximum atomic E-state index is 11.7. The van der Waals surface area contributed by atoms with Crippen LogP contribution >= 0.6 is 0 Å². The summed E-state index contributed by atoms with van der Waals surface area (Å²) in [6, 6.07) is 15.6. The number of nitrogens with one attached hydrogen (secondary N) is 1. The molecule has 0 aliphatic carbocycles. The van der Waals surface area contributed by atoms with Gasteiger partial charge in [0, 0.05) is 36.5 Å². The molecule has 0 unspecified atom stereocenters. The third kappa shape index (κ3) is 6.07. The lowest BCUT2D eigenvalue weighted by Gasteiger charge is -2.30. The highest BCUT2D eigenvalue weighted by Gasteiger charge is 2.23. The number of rotatable bonds is 8. The molecule has 0 saturated carbocycles. The second kappa shape index (κ2) is 10.8. The summed E-state index contributed by atoms with van der Waals surface area (Å²) >= 11 is 0. The van der Waals surface area contributed by atoms with Crippen molar-refractivity contribution in [3.63, 3.8) is 0 Å². The second-order valence-electron chi connectivity index (χ2n) is 7.71. The number of para-hydroxylation sites is 1. The molecule has 0 spiro atoms. The van der Waals surface area contributed by atoms with Gasteiger partial charge in [-0.3, -0.25) is 9.79 Å². The Balaban J connectivity index is 1.41. The highest BCUT2D eigenvalue weighted by molar-refractivity contribution is 6.04. The highest BCUT2D eigenvalue weighted by Crippen LogP contribution is 2.21. The molecule has 0 atom stereocenters. The average molecular weight is 409 g/mol. The van der Waals surface area contributed by atoms with Crippen molar-refractivity contribution in [1.82, 2.24) is 10.2 Å². The fraction of sp³-hybridized carbons (Fsp3) is 0.417. The smallest absolute Gasteiger partial charge is 0.222 e. The summed E-state index contributed by atoms with van der Waals surface area (Å²) in [6.45, 7) is 5.61. The lowest BCUT2D eigenvalue weighted by Crippen LogP contribution is -2.40. The maximum Gasteiger partial charge on any atom is 0.222 e. The molecule has 3 N–H and O–H groups in total. The van der Waals surface area contributed by atoms with Gasteiger partial charge in [-0.25, -0.2) is 0 Å². The molecule has 2 aromatic rings. The van der Waals surface area contributed by atoms with Crippen molar-refractivity contribution in [2.45, 2.75) is 26.2 Å². The van der Waals surface area contributed by atoms with E-state index < -0.39 is 0 Å². The molecule has 6 nitrogen and oxygen atoms in total. The number of amides is 1. The highest BCUT2D eigenvalue weighted by atomic mass is 16.5. The van der Waals surface area contributed by atoms with Crippen LogP contribution in [-0.2, 0) is 4.79 Å². The molecule has 2 aromatic carbocycles. The van der Waals surface area contributed by atoms with Gasteiger partial charge >= 0.3 is 0 Å². The Morgan fingerprint density at radius 1 is 1.17 bits per heavy atom. The lowest BCUT2D eigenvalue weighted by atomic mass is 9.96. The van der Waals surface area contributed by atoms with Crippen LogP contribution in [0.5, 0.6) is 5.75 Å². The normalized spacial score (nSPS) is 15.7. The van der Waals surface area contributed by atoms with Gasteiger partial charge in [0.2, 0.25) is 5.91 Å². The minimum absolute atomic E-state index is 0.172. The van der Waals surface area contributed by atoms with Crippen LogP contribution in [0.4, 0.5) is 11.4 Å². The minimum Gasteiger partial charge on any atom is -0.494 e. The molecule has 1 fully saturated rings. The number of benzene rings is 2. The van der Waals surface area contributed by atoms with Gasteiger partial charge in [-0.2, -0.15) is 0 Å². The Bertz CT molecular complexity index is 856. The monoisotopic (exact) mass is 408 g/mol. The Morgan fingerprint density at radius 2 is 1.87 bits per heavy atom. The minimum atomic E-state index is 0.172. The van der Waals surface area contributed by atoms with E-state index in [1.165, 1.54) is 0 Å². The van der Waals surface area contributed by atoms with E-state index >= 15 is 0 Å². The first-order valence-electron chi connectivity index (χ1n) is 10.6. The van der Waals surface area contributed by atoms with Crippen LogP contribution in [0.2, 0.25) is 0 Å². The summed E-state index contributed by atoms with van der Waals surface area (Å²) < 4.78 is 5.88. The molecule has 0 aromatic heterocycles. The van der Waals surface area contributed by atoms with E-state index in [1.54, 1.807) is 7.05 Å². The molecule has 1 heterocycles. The van der Waals surface area contributed by atoms with Gasteiger partial charge in [0.15, 0.2) is 0 Å². The Morgan fingerprint density at radius 3 is 2.53 bits per heavy atom. The first kappa shape index (κ1) is 21.8. The van der Waals surface area contributed by atoms with Gasteiger partial charge in [-0.1, -0.05) is 18.2 Å². The largest absolute Gasteiger partial charge is 0.494 e. The molecule has 0 bridgehead atoms. The van der Waals surface area contributed by atoms with Crippen molar-refractivity contribution in [2.75, 3.05) is 39.0 Å². The molecule has 30 heavy (non-hydrogen) atoms. The third-order valence-electron chi connectivity index (χ3n) is 5.58. The van der Waals surface area contributed by atoms with Crippen molar-refractivity contribution in [3.8, 4) is 5.75 Å². The molecule has 1 saturated heterocycles. The second-order valence-corrected chi connectivity index (χ2v) is 7.71. The number of carbonyl (C=O) groups excluding carboxylic acids is 1. The predicted molar refractivity (Wildman–Crippen MR) is 123 cm³/mol. The molecule has 1 amide bonds. The summed E-state index contributed by atoms with van der Waals surface area (Å²) in [5.41, 5.74) is 9.48. The van der Waals surface area contributed by atoms with Crippen molar-refractivity contribution < 1.29 is 9.53 Å². The van der Waals surface area contributed by atoms with Crippen molar-refractivity contribution >= 4 is 23.0 Å². The van der Waals surface area contributed by atoms with Crippen molar-refractivity contribution in [3.05, 3.63) is 54.1 Å². The van der Waals surface area contributed by atoms with Crippen molar-refractivity contribution in [1.29, 1.82) is 0 Å². The summed E-state index contributed by atoms with van der Waals surface area (Å²) in [5, 5.41) is 2.75. The molecular weight excluding hydrogens is 376 g/mol. The summed E-state index contributed by atoms with van der Waals surface area (Å²) in [6.07, 6.45) is 2.85. The number of hydrogen-bond acceptors (Lipinski definition) is 5. The number of hydrogen-bond donors (Lipinski definition) is 2. The molecule has 0 radical (unpaired) electrons. The first-order chi connectivity index (χ1) is 14.6. The fourth-order valence-corrected chi connectivity index (χ4v) is 3.80. The van der Waals surface area contributed by atoms with Gasteiger partial charge in [0.1, 0.15) is 5.75 Å². The van der Waals surface area contributed by atoms with E-state index in [9.17, 15) is 4.79 Å². The number of carbonyl (C=O) groups is 1. The van der Waals surface area contributed by atoms with E-state index in [1.807, 2.05) is 55.5 Å². The van der Waals surface area contributed by atoms with Crippen LogP contribution in [-0.4, -0.2) is 49.8 Å². The van der Waals surface area contributed by atoms with Crippen molar-refractivity contribution in [2.24, 2.45) is 10.9 Å². The molecular formula is C24H32N4O2. The summed E-state index contributed by atoms with van der Waals surface area (Å²) in [5.74, 6) is 1.20. The van der Waals surface area contributed by atoms with Gasteiger partial charge in [-0.05, 0) is 69.6 Å². The van der Waals surface area contributed by atoms with Gasteiger partial charge in [0.25, 0.3) is 0 Å². The maximum absolute atomic E-state index is 11.7. The summed E-state index contributed by atoms with van der Waals surface area (Å²) in [7, 11) is 1.71. The number of nitrogens with two attached hydrogens (primary N) is 1. The number of nitrogen functional groups attached to an aromatic ring is 1. The van der Waals surface area contributed by atoms with Crippen LogP contribution < -0.4 is 15.8 Å².